The molecule has 0 spiro atoms. The van der Waals surface area contributed by atoms with E-state index in [0.717, 1.165) is 38.8 Å². The molecule has 3 aromatic heterocycles. The normalized spacial score (nSPS) is 12.3. The molecule has 0 fully saturated rings. The van der Waals surface area contributed by atoms with Crippen LogP contribution in [0.2, 0.25) is 0 Å². The van der Waals surface area contributed by atoms with Crippen molar-refractivity contribution in [3.05, 3.63) is 115 Å². The molecule has 36 heavy (non-hydrogen) atoms. The maximum atomic E-state index is 5.38. The van der Waals surface area contributed by atoms with Crippen LogP contribution in [0.5, 0.6) is 0 Å². The molecule has 3 heterocycles. The van der Waals surface area contributed by atoms with E-state index in [1.807, 2.05) is 0 Å². The third kappa shape index (κ3) is 3.02. The van der Waals surface area contributed by atoms with Gasteiger partial charge < -0.3 is 4.57 Å². The van der Waals surface area contributed by atoms with Crippen molar-refractivity contribution in [3.8, 4) is 11.4 Å². The lowest BCUT2D eigenvalue weighted by molar-refractivity contribution is 0.590. The molecule has 0 saturated carbocycles. The minimum atomic E-state index is 0.114. The van der Waals surface area contributed by atoms with Gasteiger partial charge in [-0.15, -0.1) is 0 Å². The van der Waals surface area contributed by atoms with Gasteiger partial charge in [-0.2, -0.15) is 0 Å². The Bertz CT molecular complexity index is 1900. The van der Waals surface area contributed by atoms with Crippen LogP contribution in [0, 0.1) is 0 Å². The molecule has 4 aromatic carbocycles. The first-order valence-corrected chi connectivity index (χ1v) is 12.5. The smallest absolute Gasteiger partial charge is 0.146 e. The number of hydrogen-bond acceptors (Lipinski definition) is 1. The maximum absolute atomic E-state index is 5.38. The van der Waals surface area contributed by atoms with Crippen LogP contribution in [0.3, 0.4) is 0 Å². The second-order valence-corrected chi connectivity index (χ2v) is 10.6. The molecule has 0 atom stereocenters. The lowest BCUT2D eigenvalue weighted by Crippen LogP contribution is -2.10. The molecule has 0 aliphatic carbocycles. The van der Waals surface area contributed by atoms with Crippen molar-refractivity contribution in [2.24, 2.45) is 0 Å². The van der Waals surface area contributed by atoms with Gasteiger partial charge in [-0.25, -0.2) is 4.98 Å². The standard InChI is InChI=1S/C33H27N3/c1-33(2,3)22-17-19-24(20-18-22)36-28-15-9-7-13-25(28)27-21-30-31(34-32(27)36)26-14-8-10-16-29(26)35(30)23-11-5-4-6-12-23/h4-21H,1-3H3. The lowest BCUT2D eigenvalue weighted by atomic mass is 9.87. The lowest BCUT2D eigenvalue weighted by Gasteiger charge is -2.19. The number of fused-ring (bicyclic) bond motifs is 6. The first kappa shape index (κ1) is 21.0. The number of nitrogens with zero attached hydrogens (tertiary/aromatic N) is 3. The number of aromatic nitrogens is 3. The highest BCUT2D eigenvalue weighted by atomic mass is 15.1. The molecule has 174 valence electrons. The van der Waals surface area contributed by atoms with Gasteiger partial charge in [0.25, 0.3) is 0 Å². The molecule has 0 unspecified atom stereocenters. The van der Waals surface area contributed by atoms with Crippen LogP contribution in [0.1, 0.15) is 26.3 Å². The van der Waals surface area contributed by atoms with Gasteiger partial charge in [0.2, 0.25) is 0 Å². The average molecular weight is 466 g/mol. The van der Waals surface area contributed by atoms with Crippen LogP contribution in [-0.4, -0.2) is 14.1 Å². The molecule has 0 bridgehead atoms. The van der Waals surface area contributed by atoms with Gasteiger partial charge >= 0.3 is 0 Å². The molecule has 0 saturated heterocycles. The van der Waals surface area contributed by atoms with Crippen molar-refractivity contribution in [1.82, 2.24) is 14.1 Å². The zero-order valence-corrected chi connectivity index (χ0v) is 20.7. The summed E-state index contributed by atoms with van der Waals surface area (Å²) in [5.74, 6) is 0. The van der Waals surface area contributed by atoms with Crippen molar-refractivity contribution in [2.45, 2.75) is 26.2 Å². The number of pyridine rings is 1. The van der Waals surface area contributed by atoms with Gasteiger partial charge in [0.1, 0.15) is 5.65 Å². The molecule has 0 radical (unpaired) electrons. The first-order chi connectivity index (χ1) is 17.5. The fourth-order valence-electron chi connectivity index (χ4n) is 5.47. The Labute approximate surface area is 210 Å². The summed E-state index contributed by atoms with van der Waals surface area (Å²) in [6.45, 7) is 6.76. The zero-order chi connectivity index (χ0) is 24.4. The van der Waals surface area contributed by atoms with E-state index in [9.17, 15) is 0 Å². The summed E-state index contributed by atoms with van der Waals surface area (Å²) >= 11 is 0. The van der Waals surface area contributed by atoms with Crippen LogP contribution >= 0.6 is 0 Å². The van der Waals surface area contributed by atoms with Gasteiger partial charge in [-0.3, -0.25) is 4.57 Å². The molecule has 0 aliphatic heterocycles. The Kier molecular flexibility index (Phi) is 4.40. The SMILES string of the molecule is CC(C)(C)c1ccc(-n2c3ccccc3c3cc4c(nc32)c2ccccc2n4-c2ccccc2)cc1. The van der Waals surface area contributed by atoms with Gasteiger partial charge in [-0.1, -0.05) is 87.5 Å². The summed E-state index contributed by atoms with van der Waals surface area (Å²) in [4.78, 5) is 5.38. The van der Waals surface area contributed by atoms with E-state index in [1.54, 1.807) is 0 Å². The van der Waals surface area contributed by atoms with Crippen molar-refractivity contribution >= 4 is 43.9 Å². The van der Waals surface area contributed by atoms with Crippen LogP contribution in [0.15, 0.2) is 109 Å². The maximum Gasteiger partial charge on any atom is 0.146 e. The van der Waals surface area contributed by atoms with E-state index in [2.05, 4.69) is 139 Å². The molecule has 7 rings (SSSR count). The molecule has 3 heteroatoms. The third-order valence-electron chi connectivity index (χ3n) is 7.28. The summed E-state index contributed by atoms with van der Waals surface area (Å²) in [5.41, 5.74) is 9.20. The summed E-state index contributed by atoms with van der Waals surface area (Å²) in [5, 5.41) is 3.54. The quantitative estimate of drug-likeness (QED) is 0.251. The number of rotatable bonds is 2. The van der Waals surface area contributed by atoms with Crippen LogP contribution in [0.4, 0.5) is 0 Å². The van der Waals surface area contributed by atoms with Crippen molar-refractivity contribution in [1.29, 1.82) is 0 Å². The molecule has 0 amide bonds. The van der Waals surface area contributed by atoms with E-state index in [-0.39, 0.29) is 5.41 Å². The van der Waals surface area contributed by atoms with Gasteiger partial charge in [0.15, 0.2) is 0 Å². The average Bonchev–Trinajstić information content (AvgIpc) is 3.40. The summed E-state index contributed by atoms with van der Waals surface area (Å²) in [6, 6.07) is 39.1. The zero-order valence-electron chi connectivity index (χ0n) is 20.7. The predicted octanol–water partition coefficient (Wildman–Crippen LogP) is 8.57. The van der Waals surface area contributed by atoms with E-state index < -0.39 is 0 Å². The Morgan fingerprint density at radius 2 is 1.11 bits per heavy atom. The molecular weight excluding hydrogens is 438 g/mol. The van der Waals surface area contributed by atoms with E-state index in [0.29, 0.717) is 0 Å². The Hall–Kier alpha value is -4.37. The van der Waals surface area contributed by atoms with Crippen molar-refractivity contribution in [2.75, 3.05) is 0 Å². The van der Waals surface area contributed by atoms with Gasteiger partial charge in [-0.05, 0) is 53.4 Å². The first-order valence-electron chi connectivity index (χ1n) is 12.5. The van der Waals surface area contributed by atoms with E-state index >= 15 is 0 Å². The number of hydrogen-bond donors (Lipinski definition) is 0. The van der Waals surface area contributed by atoms with Crippen LogP contribution in [0.25, 0.3) is 55.2 Å². The topological polar surface area (TPSA) is 22.8 Å². The fourth-order valence-corrected chi connectivity index (χ4v) is 5.47. The van der Waals surface area contributed by atoms with Gasteiger partial charge in [0.05, 0.1) is 22.1 Å². The van der Waals surface area contributed by atoms with Crippen molar-refractivity contribution in [3.63, 3.8) is 0 Å². The van der Waals surface area contributed by atoms with Gasteiger partial charge in [0, 0.05) is 27.5 Å². The summed E-state index contributed by atoms with van der Waals surface area (Å²) in [6.07, 6.45) is 0. The molecule has 3 nitrogen and oxygen atoms in total. The predicted molar refractivity (Wildman–Crippen MR) is 152 cm³/mol. The Balaban J connectivity index is 1.60. The minimum Gasteiger partial charge on any atom is -0.308 e. The summed E-state index contributed by atoms with van der Waals surface area (Å²) in [7, 11) is 0. The molecule has 0 aliphatic rings. The fraction of sp³-hybridized carbons (Fsp3) is 0.121. The largest absolute Gasteiger partial charge is 0.308 e. The summed E-state index contributed by atoms with van der Waals surface area (Å²) < 4.78 is 4.65. The number of benzene rings is 4. The van der Waals surface area contributed by atoms with Crippen molar-refractivity contribution < 1.29 is 0 Å². The number of para-hydroxylation sites is 3. The molecule has 7 aromatic rings. The second-order valence-electron chi connectivity index (χ2n) is 10.6. The minimum absolute atomic E-state index is 0.114. The molecule has 0 N–H and O–H groups in total. The van der Waals surface area contributed by atoms with Crippen LogP contribution in [-0.2, 0) is 5.41 Å². The Morgan fingerprint density at radius 3 is 1.81 bits per heavy atom. The highest BCUT2D eigenvalue weighted by Gasteiger charge is 2.20. The highest BCUT2D eigenvalue weighted by molar-refractivity contribution is 6.15. The second kappa shape index (κ2) is 7.56. The van der Waals surface area contributed by atoms with Crippen LogP contribution < -0.4 is 0 Å². The monoisotopic (exact) mass is 465 g/mol. The highest BCUT2D eigenvalue weighted by Crippen LogP contribution is 2.37. The van der Waals surface area contributed by atoms with E-state index in [1.165, 1.54) is 22.0 Å². The van der Waals surface area contributed by atoms with E-state index in [4.69, 9.17) is 4.98 Å². The Morgan fingerprint density at radius 1 is 0.528 bits per heavy atom. The third-order valence-corrected chi connectivity index (χ3v) is 7.28. The molecular formula is C33H27N3.